The SMILES string of the molecule is CC/C(=C(/c1ccc(OCCN(C/C=C(\C=O)CN(C)C)C(=O)OC(C)(C)C)nc1)c1[nH]c2ccccc2c1Cl)c1ccccc1Cl. The van der Waals surface area contributed by atoms with Gasteiger partial charge < -0.3 is 24.3 Å². The van der Waals surface area contributed by atoms with Crippen molar-refractivity contribution in [1.82, 2.24) is 19.8 Å². The molecule has 0 aliphatic rings. The van der Waals surface area contributed by atoms with Gasteiger partial charge in [-0.25, -0.2) is 9.78 Å². The molecule has 1 N–H and O–H groups in total. The number of hydrogen-bond donors (Lipinski definition) is 1. The molecular weight excluding hydrogens is 635 g/mol. The number of benzene rings is 2. The number of amides is 1. The van der Waals surface area contributed by atoms with Crippen molar-refractivity contribution in [1.29, 1.82) is 0 Å². The second-order valence-corrected chi connectivity index (χ2v) is 13.1. The van der Waals surface area contributed by atoms with Crippen molar-refractivity contribution in [3.05, 3.63) is 105 Å². The highest BCUT2D eigenvalue weighted by Gasteiger charge is 2.23. The molecule has 2 aromatic heterocycles. The Labute approximate surface area is 287 Å². The lowest BCUT2D eigenvalue weighted by Crippen LogP contribution is -2.39. The molecule has 47 heavy (non-hydrogen) atoms. The van der Waals surface area contributed by atoms with Gasteiger partial charge >= 0.3 is 6.09 Å². The molecule has 0 radical (unpaired) electrons. The van der Waals surface area contributed by atoms with Crippen molar-refractivity contribution >= 4 is 57.6 Å². The van der Waals surface area contributed by atoms with E-state index < -0.39 is 11.7 Å². The Bertz CT molecular complexity index is 1750. The molecule has 0 aliphatic heterocycles. The van der Waals surface area contributed by atoms with Crippen LogP contribution in [0.2, 0.25) is 10.0 Å². The summed E-state index contributed by atoms with van der Waals surface area (Å²) in [5, 5.41) is 2.19. The second-order valence-electron chi connectivity index (χ2n) is 12.3. The minimum absolute atomic E-state index is 0.167. The quantitative estimate of drug-likeness (QED) is 0.113. The zero-order valence-corrected chi connectivity index (χ0v) is 29.3. The van der Waals surface area contributed by atoms with E-state index in [9.17, 15) is 9.59 Å². The molecule has 0 unspecified atom stereocenters. The summed E-state index contributed by atoms with van der Waals surface area (Å²) in [7, 11) is 3.75. The molecule has 1 amide bonds. The zero-order chi connectivity index (χ0) is 34.1. The minimum atomic E-state index is -0.672. The van der Waals surface area contributed by atoms with Crippen LogP contribution in [0, 0.1) is 0 Å². The summed E-state index contributed by atoms with van der Waals surface area (Å²) in [4.78, 5) is 36.1. The molecule has 4 rings (SSSR count). The lowest BCUT2D eigenvalue weighted by Gasteiger charge is -2.27. The average Bonchev–Trinajstić information content (AvgIpc) is 3.36. The number of carbonyl (C=O) groups excluding carboxylic acids is 2. The summed E-state index contributed by atoms with van der Waals surface area (Å²) >= 11 is 13.7. The summed E-state index contributed by atoms with van der Waals surface area (Å²) < 4.78 is 11.6. The van der Waals surface area contributed by atoms with Crippen LogP contribution < -0.4 is 4.74 Å². The third-order valence-corrected chi connectivity index (χ3v) is 7.98. The van der Waals surface area contributed by atoms with E-state index in [0.29, 0.717) is 34.5 Å². The highest BCUT2D eigenvalue weighted by atomic mass is 35.5. The Morgan fingerprint density at radius 2 is 1.74 bits per heavy atom. The van der Waals surface area contributed by atoms with Gasteiger partial charge in [-0.1, -0.05) is 72.6 Å². The van der Waals surface area contributed by atoms with Crippen LogP contribution in [0.15, 0.2) is 78.5 Å². The smallest absolute Gasteiger partial charge is 0.410 e. The van der Waals surface area contributed by atoms with E-state index in [1.165, 1.54) is 4.90 Å². The molecule has 0 saturated carbocycles. The van der Waals surface area contributed by atoms with E-state index in [4.69, 9.17) is 32.7 Å². The van der Waals surface area contributed by atoms with Gasteiger partial charge in [0.05, 0.1) is 17.3 Å². The molecule has 0 bridgehead atoms. The number of aldehydes is 1. The van der Waals surface area contributed by atoms with Gasteiger partial charge in [-0.05, 0) is 70.6 Å². The molecule has 0 spiro atoms. The number of fused-ring (bicyclic) bond motifs is 1. The third-order valence-electron chi connectivity index (χ3n) is 7.26. The third kappa shape index (κ3) is 9.47. The maximum atomic E-state index is 13.0. The lowest BCUT2D eigenvalue weighted by molar-refractivity contribution is -0.105. The van der Waals surface area contributed by atoms with Crippen LogP contribution in [0.1, 0.15) is 50.9 Å². The van der Waals surface area contributed by atoms with Crippen LogP contribution in [0.5, 0.6) is 5.88 Å². The van der Waals surface area contributed by atoms with E-state index in [1.807, 2.05) is 94.4 Å². The van der Waals surface area contributed by atoms with Crippen LogP contribution in [-0.2, 0) is 9.53 Å². The van der Waals surface area contributed by atoms with Crippen LogP contribution in [0.3, 0.4) is 0 Å². The predicted octanol–water partition coefficient (Wildman–Crippen LogP) is 8.54. The van der Waals surface area contributed by atoms with Crippen molar-refractivity contribution < 1.29 is 19.1 Å². The first kappa shape index (κ1) is 35.7. The Morgan fingerprint density at radius 3 is 2.36 bits per heavy atom. The number of aromatic nitrogens is 2. The van der Waals surface area contributed by atoms with E-state index in [-0.39, 0.29) is 19.7 Å². The van der Waals surface area contributed by atoms with Crippen LogP contribution >= 0.6 is 23.2 Å². The number of halogens is 2. The van der Waals surface area contributed by atoms with Gasteiger partial charge in [-0.2, -0.15) is 0 Å². The number of nitrogens with one attached hydrogen (secondary N) is 1. The maximum absolute atomic E-state index is 13.0. The van der Waals surface area contributed by atoms with Crippen molar-refractivity contribution in [2.75, 3.05) is 40.3 Å². The Kier molecular flexibility index (Phi) is 12.3. The number of para-hydroxylation sites is 1. The molecule has 10 heteroatoms. The fraction of sp³-hybridized carbons (Fsp3) is 0.324. The normalized spacial score (nSPS) is 12.7. The first-order valence-electron chi connectivity index (χ1n) is 15.5. The van der Waals surface area contributed by atoms with Crippen LogP contribution in [-0.4, -0.2) is 78.1 Å². The maximum Gasteiger partial charge on any atom is 0.410 e. The summed E-state index contributed by atoms with van der Waals surface area (Å²) in [5.41, 5.74) is 5.28. The van der Waals surface area contributed by atoms with Crippen molar-refractivity contribution in [2.45, 2.75) is 39.7 Å². The number of rotatable bonds is 13. The minimum Gasteiger partial charge on any atom is -0.476 e. The molecule has 0 aliphatic carbocycles. The van der Waals surface area contributed by atoms with Crippen LogP contribution in [0.4, 0.5) is 4.79 Å². The fourth-order valence-corrected chi connectivity index (χ4v) is 5.71. The fourth-order valence-electron chi connectivity index (χ4n) is 5.16. The summed E-state index contributed by atoms with van der Waals surface area (Å²) in [6, 6.07) is 19.4. The molecule has 2 heterocycles. The van der Waals surface area contributed by atoms with Crippen molar-refractivity contribution in [3.8, 4) is 5.88 Å². The summed E-state index contributed by atoms with van der Waals surface area (Å²) in [6.45, 7) is 8.58. The average molecular weight is 678 g/mol. The molecule has 0 saturated heterocycles. The summed E-state index contributed by atoms with van der Waals surface area (Å²) in [6.07, 6.45) is 4.49. The first-order chi connectivity index (χ1) is 22.4. The lowest BCUT2D eigenvalue weighted by atomic mass is 9.91. The number of allylic oxidation sites excluding steroid dienone is 1. The number of nitrogens with zero attached hydrogens (tertiary/aromatic N) is 3. The standard InChI is InChI=1S/C37H42Cl2N4O4/c1-7-27(28-12-8-10-14-30(28)38)33(35-34(39)29-13-9-11-15-31(29)41-35)26-16-17-32(40-22-26)46-21-20-43(36(45)47-37(2,3)4)19-18-25(24-44)23-42(5)6/h8-18,22,24,41H,7,19-21,23H2,1-6H3/b25-18-,33-27+. The van der Waals surface area contributed by atoms with E-state index in [2.05, 4.69) is 16.9 Å². The number of aromatic amines is 1. The Hall–Kier alpha value is -4.11. The van der Waals surface area contributed by atoms with Crippen molar-refractivity contribution in [2.24, 2.45) is 0 Å². The Morgan fingerprint density at radius 1 is 1.02 bits per heavy atom. The first-order valence-corrected chi connectivity index (χ1v) is 16.3. The van der Waals surface area contributed by atoms with Gasteiger partial charge in [0.15, 0.2) is 0 Å². The van der Waals surface area contributed by atoms with Gasteiger partial charge in [-0.15, -0.1) is 0 Å². The van der Waals surface area contributed by atoms with E-state index >= 15 is 0 Å². The topological polar surface area (TPSA) is 87.8 Å². The van der Waals surface area contributed by atoms with Gasteiger partial charge in [0.25, 0.3) is 0 Å². The van der Waals surface area contributed by atoms with Gasteiger partial charge in [0.2, 0.25) is 5.88 Å². The number of likely N-dealkylation sites (N-methyl/N-ethyl adjacent to an activating group) is 1. The second kappa shape index (κ2) is 16.1. The van der Waals surface area contributed by atoms with Crippen molar-refractivity contribution in [3.63, 3.8) is 0 Å². The molecule has 4 aromatic rings. The molecular formula is C37H42Cl2N4O4. The van der Waals surface area contributed by atoms with Gasteiger partial charge in [-0.3, -0.25) is 4.79 Å². The zero-order valence-electron chi connectivity index (χ0n) is 27.8. The predicted molar refractivity (Wildman–Crippen MR) is 191 cm³/mol. The van der Waals surface area contributed by atoms with E-state index in [1.54, 1.807) is 18.3 Å². The monoisotopic (exact) mass is 676 g/mol. The number of hydrogen-bond acceptors (Lipinski definition) is 6. The number of pyridine rings is 1. The molecule has 248 valence electrons. The van der Waals surface area contributed by atoms with Gasteiger partial charge in [0, 0.05) is 58.0 Å². The molecule has 8 nitrogen and oxygen atoms in total. The molecule has 0 fully saturated rings. The van der Waals surface area contributed by atoms with Crippen LogP contribution in [0.25, 0.3) is 22.0 Å². The van der Waals surface area contributed by atoms with Gasteiger partial charge in [0.1, 0.15) is 18.5 Å². The number of carbonyl (C=O) groups is 2. The largest absolute Gasteiger partial charge is 0.476 e. The number of H-pyrrole nitrogens is 1. The molecule has 2 aromatic carbocycles. The molecule has 0 atom stereocenters. The number of ether oxygens (including phenoxy) is 2. The van der Waals surface area contributed by atoms with E-state index in [0.717, 1.165) is 45.2 Å². The Balaban J connectivity index is 1.61. The highest BCUT2D eigenvalue weighted by molar-refractivity contribution is 6.38. The summed E-state index contributed by atoms with van der Waals surface area (Å²) in [5.74, 6) is 0.396. The highest BCUT2D eigenvalue weighted by Crippen LogP contribution is 2.41.